The topological polar surface area (TPSA) is 38.3 Å². The average molecular weight is 466 g/mol. The standard InChI is InChI=1S/C30H31NO2Si/c1-30(2,3)33-29(32)31-28(24-16-8-4-9-17-24)34(25-18-10-5-11-19-25,26-20-12-6-13-21-26)27-22-14-7-15-23-27/h4-23,28H,1-3H3,(H,31,32)/t28-/m0/s1. The summed E-state index contributed by atoms with van der Waals surface area (Å²) < 4.78 is 5.76. The fourth-order valence-corrected chi connectivity index (χ4v) is 9.80. The van der Waals surface area contributed by atoms with Crippen LogP contribution in [0, 0.1) is 0 Å². The van der Waals surface area contributed by atoms with Crippen molar-refractivity contribution in [3.05, 3.63) is 127 Å². The molecule has 0 aliphatic carbocycles. The summed E-state index contributed by atoms with van der Waals surface area (Å²) in [4.78, 5) is 13.3. The molecule has 4 heteroatoms. The van der Waals surface area contributed by atoms with Crippen LogP contribution in [0.5, 0.6) is 0 Å². The Kier molecular flexibility index (Phi) is 6.99. The Morgan fingerprint density at radius 2 is 1.00 bits per heavy atom. The predicted octanol–water partition coefficient (Wildman–Crippen LogP) is 4.96. The monoisotopic (exact) mass is 465 g/mol. The van der Waals surface area contributed by atoms with Crippen molar-refractivity contribution >= 4 is 29.7 Å². The highest BCUT2D eigenvalue weighted by Gasteiger charge is 2.48. The maximum Gasteiger partial charge on any atom is 0.407 e. The van der Waals surface area contributed by atoms with Gasteiger partial charge in [0.05, 0.1) is 5.67 Å². The van der Waals surface area contributed by atoms with Gasteiger partial charge >= 0.3 is 6.09 Å². The number of ether oxygens (including phenoxy) is 1. The molecule has 4 aromatic rings. The van der Waals surface area contributed by atoms with E-state index in [1.54, 1.807) is 0 Å². The van der Waals surface area contributed by atoms with Crippen LogP contribution in [0.3, 0.4) is 0 Å². The molecule has 1 atom stereocenters. The minimum Gasteiger partial charge on any atom is -0.444 e. The van der Waals surface area contributed by atoms with Crippen molar-refractivity contribution in [2.45, 2.75) is 32.0 Å². The summed E-state index contributed by atoms with van der Waals surface area (Å²) >= 11 is 0. The number of carbonyl (C=O) groups excluding carboxylic acids is 1. The van der Waals surface area contributed by atoms with Crippen molar-refractivity contribution in [3.63, 3.8) is 0 Å². The first-order valence-electron chi connectivity index (χ1n) is 11.6. The minimum absolute atomic E-state index is 0.296. The number of rotatable bonds is 6. The summed E-state index contributed by atoms with van der Waals surface area (Å²) in [5, 5.41) is 6.99. The van der Waals surface area contributed by atoms with Crippen LogP contribution in [-0.2, 0) is 4.74 Å². The van der Waals surface area contributed by atoms with Crippen molar-refractivity contribution in [2.24, 2.45) is 0 Å². The highest BCUT2D eigenvalue weighted by Crippen LogP contribution is 2.26. The van der Waals surface area contributed by atoms with Gasteiger partial charge in [0.25, 0.3) is 0 Å². The Morgan fingerprint density at radius 1 is 0.647 bits per heavy atom. The lowest BCUT2D eigenvalue weighted by atomic mass is 10.2. The molecule has 3 nitrogen and oxygen atoms in total. The van der Waals surface area contributed by atoms with Crippen LogP contribution in [0.2, 0.25) is 0 Å². The normalized spacial score (nSPS) is 12.6. The van der Waals surface area contributed by atoms with Crippen LogP contribution < -0.4 is 20.9 Å². The third-order valence-electron chi connectivity index (χ3n) is 5.91. The van der Waals surface area contributed by atoms with Gasteiger partial charge in [0, 0.05) is 0 Å². The van der Waals surface area contributed by atoms with Crippen molar-refractivity contribution in [1.29, 1.82) is 0 Å². The minimum atomic E-state index is -2.84. The van der Waals surface area contributed by atoms with Crippen molar-refractivity contribution in [3.8, 4) is 0 Å². The largest absolute Gasteiger partial charge is 0.444 e. The zero-order valence-corrected chi connectivity index (χ0v) is 20.9. The van der Waals surface area contributed by atoms with Crippen molar-refractivity contribution in [1.82, 2.24) is 5.32 Å². The lowest BCUT2D eigenvalue weighted by Gasteiger charge is -2.41. The predicted molar refractivity (Wildman–Crippen MR) is 143 cm³/mol. The fourth-order valence-electron chi connectivity index (χ4n) is 4.62. The number of hydrogen-bond donors (Lipinski definition) is 1. The quantitative estimate of drug-likeness (QED) is 0.323. The molecule has 0 saturated heterocycles. The number of alkyl carbamates (subject to hydrolysis) is 1. The number of hydrogen-bond acceptors (Lipinski definition) is 2. The molecule has 0 bridgehead atoms. The van der Waals surface area contributed by atoms with Gasteiger partial charge in [-0.05, 0) is 41.9 Å². The number of nitrogens with one attached hydrogen (secondary N) is 1. The molecule has 0 aliphatic rings. The van der Waals surface area contributed by atoms with E-state index in [1.165, 1.54) is 15.6 Å². The summed E-state index contributed by atoms with van der Waals surface area (Å²) in [6.45, 7) is 5.67. The molecule has 34 heavy (non-hydrogen) atoms. The molecule has 4 rings (SSSR count). The van der Waals surface area contributed by atoms with Gasteiger partial charge in [0.15, 0.2) is 8.07 Å². The van der Waals surface area contributed by atoms with Crippen molar-refractivity contribution < 1.29 is 9.53 Å². The SMILES string of the molecule is CC(C)(C)OC(=O)N[C@H](c1ccccc1)[Si](c1ccccc1)(c1ccccc1)c1ccccc1. The molecule has 172 valence electrons. The van der Waals surface area contributed by atoms with Crippen LogP contribution in [-0.4, -0.2) is 19.8 Å². The Hall–Kier alpha value is -3.63. The van der Waals surface area contributed by atoms with Crippen LogP contribution in [0.1, 0.15) is 32.0 Å². The van der Waals surface area contributed by atoms with E-state index < -0.39 is 19.8 Å². The molecule has 0 fully saturated rings. The number of carbonyl (C=O) groups is 1. The van der Waals surface area contributed by atoms with Crippen LogP contribution in [0.4, 0.5) is 4.79 Å². The second kappa shape index (κ2) is 10.1. The highest BCUT2D eigenvalue weighted by atomic mass is 28.3. The molecule has 0 aromatic heterocycles. The second-order valence-corrected chi connectivity index (χ2v) is 13.3. The van der Waals surface area contributed by atoms with Crippen LogP contribution >= 0.6 is 0 Å². The van der Waals surface area contributed by atoms with E-state index in [-0.39, 0.29) is 5.67 Å². The van der Waals surface area contributed by atoms with E-state index in [0.29, 0.717) is 0 Å². The Balaban J connectivity index is 2.04. The molecular weight excluding hydrogens is 434 g/mol. The van der Waals surface area contributed by atoms with Crippen molar-refractivity contribution in [2.75, 3.05) is 0 Å². The average Bonchev–Trinajstić information content (AvgIpc) is 2.85. The van der Waals surface area contributed by atoms with E-state index in [0.717, 1.165) is 5.56 Å². The molecule has 0 radical (unpaired) electrons. The van der Waals surface area contributed by atoms with E-state index in [2.05, 4.69) is 90.2 Å². The molecule has 4 aromatic carbocycles. The Labute approximate surface area is 203 Å². The maximum atomic E-state index is 13.3. The third kappa shape index (κ3) is 4.97. The first-order valence-corrected chi connectivity index (χ1v) is 13.7. The van der Waals surface area contributed by atoms with Gasteiger partial charge in [-0.3, -0.25) is 0 Å². The molecule has 0 spiro atoms. The van der Waals surface area contributed by atoms with Gasteiger partial charge in [-0.25, -0.2) is 4.79 Å². The molecular formula is C30H31NO2Si. The van der Waals surface area contributed by atoms with E-state index in [9.17, 15) is 4.79 Å². The summed E-state index contributed by atoms with van der Waals surface area (Å²) in [6.07, 6.45) is -0.416. The Bertz CT molecular complexity index is 1090. The smallest absolute Gasteiger partial charge is 0.407 e. The lowest BCUT2D eigenvalue weighted by Crippen LogP contribution is -2.73. The lowest BCUT2D eigenvalue weighted by molar-refractivity contribution is 0.0518. The summed E-state index contributed by atoms with van der Waals surface area (Å²) in [5.74, 6) is 0. The fraction of sp³-hybridized carbons (Fsp3) is 0.167. The molecule has 0 unspecified atom stereocenters. The van der Waals surface area contributed by atoms with Crippen LogP contribution in [0.25, 0.3) is 0 Å². The van der Waals surface area contributed by atoms with Gasteiger partial charge < -0.3 is 10.1 Å². The summed E-state index contributed by atoms with van der Waals surface area (Å²) in [5.41, 5.74) is 0.161. The van der Waals surface area contributed by atoms with E-state index in [4.69, 9.17) is 4.74 Å². The van der Waals surface area contributed by atoms with Gasteiger partial charge in [-0.15, -0.1) is 0 Å². The summed E-state index contributed by atoms with van der Waals surface area (Å²) in [7, 11) is -2.84. The number of amides is 1. The maximum absolute atomic E-state index is 13.3. The second-order valence-electron chi connectivity index (χ2n) is 9.40. The first-order chi connectivity index (χ1) is 16.4. The molecule has 1 amide bonds. The molecule has 0 aliphatic heterocycles. The zero-order chi connectivity index (χ0) is 24.0. The first kappa shape index (κ1) is 23.5. The van der Waals surface area contributed by atoms with E-state index in [1.807, 2.05) is 57.2 Å². The van der Waals surface area contributed by atoms with Crippen LogP contribution in [0.15, 0.2) is 121 Å². The Morgan fingerprint density at radius 3 is 1.35 bits per heavy atom. The zero-order valence-electron chi connectivity index (χ0n) is 19.9. The summed E-state index contributed by atoms with van der Waals surface area (Å²) in [6, 6.07) is 42.0. The van der Waals surface area contributed by atoms with Gasteiger partial charge in [-0.2, -0.15) is 0 Å². The molecule has 0 heterocycles. The molecule has 0 saturated carbocycles. The van der Waals surface area contributed by atoms with Gasteiger partial charge in [-0.1, -0.05) is 121 Å². The molecule has 1 N–H and O–H groups in total. The third-order valence-corrected chi connectivity index (χ3v) is 11.0. The highest BCUT2D eigenvalue weighted by molar-refractivity contribution is 7.12. The van der Waals surface area contributed by atoms with Gasteiger partial charge in [0.2, 0.25) is 0 Å². The number of benzene rings is 4. The van der Waals surface area contributed by atoms with E-state index >= 15 is 0 Å². The van der Waals surface area contributed by atoms with Gasteiger partial charge in [0.1, 0.15) is 5.60 Å².